The lowest BCUT2D eigenvalue weighted by atomic mass is 9.96. The van der Waals surface area contributed by atoms with Crippen LogP contribution in [0.15, 0.2) is 0 Å². The molecular formula is C27H44N2O12. The summed E-state index contributed by atoms with van der Waals surface area (Å²) in [6, 6.07) is -1.05. The van der Waals surface area contributed by atoms with Gasteiger partial charge in [-0.25, -0.2) is 0 Å². The minimum Gasteiger partial charge on any atom is -0.463 e. The second-order valence-electron chi connectivity index (χ2n) is 10.6. The first-order valence-corrected chi connectivity index (χ1v) is 13.6. The lowest BCUT2D eigenvalue weighted by Crippen LogP contribution is -2.66. The summed E-state index contributed by atoms with van der Waals surface area (Å²) in [5, 5.41) is 5.37. The average Bonchev–Trinajstić information content (AvgIpc) is 2.81. The Bertz CT molecular complexity index is 916. The zero-order valence-corrected chi connectivity index (χ0v) is 24.9. The van der Waals surface area contributed by atoms with Crippen molar-refractivity contribution in [2.24, 2.45) is 0 Å². The normalized spacial score (nSPS) is 22.2. The average molecular weight is 589 g/mol. The van der Waals surface area contributed by atoms with E-state index in [1.165, 1.54) is 13.8 Å². The molecule has 2 N–H and O–H groups in total. The van der Waals surface area contributed by atoms with Gasteiger partial charge in [0.05, 0.1) is 0 Å². The van der Waals surface area contributed by atoms with Gasteiger partial charge in [0.25, 0.3) is 0 Å². The molecule has 0 aromatic rings. The first-order valence-electron chi connectivity index (χ1n) is 13.6. The van der Waals surface area contributed by atoms with Crippen LogP contribution in [0.3, 0.4) is 0 Å². The fraction of sp³-hybridized carbons (Fsp3) is 0.778. The van der Waals surface area contributed by atoms with E-state index in [0.29, 0.717) is 25.8 Å². The molecule has 14 heteroatoms. The Morgan fingerprint density at radius 2 is 1.44 bits per heavy atom. The smallest absolute Gasteiger partial charge is 0.306 e. The van der Waals surface area contributed by atoms with Gasteiger partial charge in [-0.05, 0) is 40.0 Å². The van der Waals surface area contributed by atoms with Gasteiger partial charge in [0, 0.05) is 53.7 Å². The number of carbonyl (C=O) groups is 6. The molecule has 1 aliphatic heterocycles. The van der Waals surface area contributed by atoms with Crippen molar-refractivity contribution in [1.29, 1.82) is 0 Å². The summed E-state index contributed by atoms with van der Waals surface area (Å²) in [4.78, 5) is 70.9. The van der Waals surface area contributed by atoms with E-state index in [9.17, 15) is 28.8 Å². The molecule has 234 valence electrons. The second kappa shape index (κ2) is 17.5. The number of rotatable bonds is 15. The lowest BCUT2D eigenvalue weighted by Gasteiger charge is -2.44. The maximum absolute atomic E-state index is 12.1. The SMILES string of the molecule is CC(=O)NC1C(OCCCCC(=O)NCCCC(=O)OC(C)(C)C)OC(COC(C)=O)C(OC(C)=O)C1OC(C)=O. The van der Waals surface area contributed by atoms with Gasteiger partial charge >= 0.3 is 23.9 Å². The van der Waals surface area contributed by atoms with Crippen LogP contribution in [0.1, 0.15) is 80.6 Å². The van der Waals surface area contributed by atoms with E-state index >= 15 is 0 Å². The van der Waals surface area contributed by atoms with Gasteiger partial charge in [0.2, 0.25) is 11.8 Å². The summed E-state index contributed by atoms with van der Waals surface area (Å²) < 4.78 is 32.8. The van der Waals surface area contributed by atoms with E-state index in [1.807, 2.05) is 0 Å². The highest BCUT2D eigenvalue weighted by molar-refractivity contribution is 5.76. The summed E-state index contributed by atoms with van der Waals surface area (Å²) in [6.07, 6.45) is -2.83. The molecule has 0 bridgehead atoms. The molecule has 1 aliphatic rings. The Labute approximate surface area is 240 Å². The summed E-state index contributed by atoms with van der Waals surface area (Å²) in [5.41, 5.74) is -0.554. The molecule has 14 nitrogen and oxygen atoms in total. The molecule has 1 fully saturated rings. The number of ether oxygens (including phenoxy) is 6. The van der Waals surface area contributed by atoms with Crippen LogP contribution in [-0.4, -0.2) is 91.7 Å². The van der Waals surface area contributed by atoms with Crippen molar-refractivity contribution < 1.29 is 57.2 Å². The summed E-state index contributed by atoms with van der Waals surface area (Å²) in [6.45, 7) is 10.2. The van der Waals surface area contributed by atoms with Crippen molar-refractivity contribution in [2.75, 3.05) is 19.8 Å². The molecule has 5 unspecified atom stereocenters. The largest absolute Gasteiger partial charge is 0.463 e. The highest BCUT2D eigenvalue weighted by Crippen LogP contribution is 2.28. The number of esters is 4. The van der Waals surface area contributed by atoms with Gasteiger partial charge in [0.15, 0.2) is 18.5 Å². The zero-order valence-electron chi connectivity index (χ0n) is 24.9. The number of unbranched alkanes of at least 4 members (excludes halogenated alkanes) is 1. The molecule has 2 amide bonds. The number of amides is 2. The Morgan fingerprint density at radius 1 is 0.805 bits per heavy atom. The first-order chi connectivity index (χ1) is 19.1. The van der Waals surface area contributed by atoms with Crippen LogP contribution < -0.4 is 10.6 Å². The number of hydrogen-bond acceptors (Lipinski definition) is 12. The van der Waals surface area contributed by atoms with E-state index in [2.05, 4.69) is 10.6 Å². The van der Waals surface area contributed by atoms with Gasteiger partial charge in [0.1, 0.15) is 24.4 Å². The van der Waals surface area contributed by atoms with Gasteiger partial charge in [-0.15, -0.1) is 0 Å². The molecule has 0 saturated carbocycles. The molecule has 0 radical (unpaired) electrons. The monoisotopic (exact) mass is 588 g/mol. The maximum atomic E-state index is 12.1. The molecule has 0 spiro atoms. The predicted octanol–water partition coefficient (Wildman–Crippen LogP) is 1.07. The van der Waals surface area contributed by atoms with Gasteiger partial charge in [-0.3, -0.25) is 28.8 Å². The van der Waals surface area contributed by atoms with Crippen LogP contribution in [0.4, 0.5) is 0 Å². The van der Waals surface area contributed by atoms with Crippen molar-refractivity contribution in [3.05, 3.63) is 0 Å². The maximum Gasteiger partial charge on any atom is 0.306 e. The fourth-order valence-corrected chi connectivity index (χ4v) is 3.96. The molecule has 1 rings (SSSR count). The third-order valence-electron chi connectivity index (χ3n) is 5.45. The molecule has 0 aliphatic carbocycles. The Balaban J connectivity index is 2.71. The standard InChI is InChI=1S/C27H44N2O12/c1-16(30)29-23-25(39-19(4)33)24(38-18(3)32)20(15-37-17(2)31)40-26(23)36-14-9-8-11-21(34)28-13-10-12-22(35)41-27(5,6)7/h20,23-26H,8-15H2,1-7H3,(H,28,34)(H,29,30). The minimum absolute atomic E-state index is 0.109. The summed E-state index contributed by atoms with van der Waals surface area (Å²) >= 11 is 0. The van der Waals surface area contributed by atoms with Crippen LogP contribution in [0.25, 0.3) is 0 Å². The number of hydrogen-bond donors (Lipinski definition) is 2. The highest BCUT2D eigenvalue weighted by Gasteiger charge is 2.51. The third kappa shape index (κ3) is 15.4. The summed E-state index contributed by atoms with van der Waals surface area (Å²) in [7, 11) is 0. The lowest BCUT2D eigenvalue weighted by molar-refractivity contribution is -0.277. The quantitative estimate of drug-likeness (QED) is 0.158. The van der Waals surface area contributed by atoms with Gasteiger partial charge in [-0.1, -0.05) is 0 Å². The number of carbonyl (C=O) groups excluding carboxylic acids is 6. The van der Waals surface area contributed by atoms with Crippen molar-refractivity contribution in [2.45, 2.75) is 117 Å². The van der Waals surface area contributed by atoms with Gasteiger partial charge < -0.3 is 39.1 Å². The van der Waals surface area contributed by atoms with E-state index in [0.717, 1.165) is 13.8 Å². The van der Waals surface area contributed by atoms with Crippen LogP contribution in [0, 0.1) is 0 Å². The molecule has 1 saturated heterocycles. The fourth-order valence-electron chi connectivity index (χ4n) is 3.96. The van der Waals surface area contributed by atoms with E-state index in [1.54, 1.807) is 20.8 Å². The van der Waals surface area contributed by atoms with Gasteiger partial charge in [-0.2, -0.15) is 0 Å². The Hall–Kier alpha value is -3.26. The Kier molecular flexibility index (Phi) is 15.3. The van der Waals surface area contributed by atoms with Crippen molar-refractivity contribution in [3.63, 3.8) is 0 Å². The van der Waals surface area contributed by atoms with Crippen molar-refractivity contribution in [3.8, 4) is 0 Å². The minimum atomic E-state index is -1.20. The molecule has 5 atom stereocenters. The zero-order chi connectivity index (χ0) is 31.2. The summed E-state index contributed by atoms with van der Waals surface area (Å²) in [5.74, 6) is -2.99. The molecule has 41 heavy (non-hydrogen) atoms. The topological polar surface area (TPSA) is 182 Å². The molecular weight excluding hydrogens is 544 g/mol. The van der Waals surface area contributed by atoms with E-state index in [4.69, 9.17) is 28.4 Å². The predicted molar refractivity (Wildman–Crippen MR) is 142 cm³/mol. The van der Waals surface area contributed by atoms with E-state index in [-0.39, 0.29) is 37.9 Å². The second-order valence-corrected chi connectivity index (χ2v) is 10.6. The molecule has 0 aromatic carbocycles. The van der Waals surface area contributed by atoms with Crippen molar-refractivity contribution in [1.82, 2.24) is 10.6 Å². The first kappa shape index (κ1) is 35.8. The van der Waals surface area contributed by atoms with Crippen LogP contribution >= 0.6 is 0 Å². The molecule has 0 aromatic heterocycles. The number of nitrogens with one attached hydrogen (secondary N) is 2. The van der Waals surface area contributed by atoms with Crippen LogP contribution in [-0.2, 0) is 57.2 Å². The Morgan fingerprint density at radius 3 is 2.00 bits per heavy atom. The van der Waals surface area contributed by atoms with E-state index < -0.39 is 60.1 Å². The van der Waals surface area contributed by atoms with Crippen LogP contribution in [0.2, 0.25) is 0 Å². The third-order valence-corrected chi connectivity index (χ3v) is 5.45. The molecule has 1 heterocycles. The van der Waals surface area contributed by atoms with Crippen LogP contribution in [0.5, 0.6) is 0 Å². The van der Waals surface area contributed by atoms with Crippen molar-refractivity contribution >= 4 is 35.7 Å². The highest BCUT2D eigenvalue weighted by atomic mass is 16.7.